The number of ketones is 1. The predicted octanol–water partition coefficient (Wildman–Crippen LogP) is 5.09. The summed E-state index contributed by atoms with van der Waals surface area (Å²) in [6, 6.07) is 16.1. The van der Waals surface area contributed by atoms with Crippen LogP contribution in [0.4, 0.5) is 16.2 Å². The Hall–Kier alpha value is -4.46. The van der Waals surface area contributed by atoms with Gasteiger partial charge >= 0.3 is 6.03 Å². The maximum Gasteiger partial charge on any atom is 0.323 e. The van der Waals surface area contributed by atoms with Crippen molar-refractivity contribution < 1.29 is 23.8 Å². The van der Waals surface area contributed by atoms with E-state index >= 15 is 0 Å². The molecule has 0 unspecified atom stereocenters. The Morgan fingerprint density at radius 3 is 2.61 bits per heavy atom. The van der Waals surface area contributed by atoms with Gasteiger partial charge in [-0.2, -0.15) is 0 Å². The van der Waals surface area contributed by atoms with Crippen LogP contribution < -0.4 is 24.8 Å². The minimum Gasteiger partial charge on any atom is -0.492 e. The maximum atomic E-state index is 13.7. The second-order valence-electron chi connectivity index (χ2n) is 8.72. The van der Waals surface area contributed by atoms with Gasteiger partial charge in [-0.3, -0.25) is 4.79 Å². The van der Waals surface area contributed by atoms with Crippen LogP contribution in [0.25, 0.3) is 6.08 Å². The number of fused-ring (bicyclic) bond motifs is 2. The van der Waals surface area contributed by atoms with Crippen molar-refractivity contribution in [2.45, 2.75) is 13.3 Å². The molecule has 8 nitrogen and oxygen atoms in total. The first-order chi connectivity index (χ1) is 17.4. The van der Waals surface area contributed by atoms with Crippen molar-refractivity contribution in [2.75, 3.05) is 38.1 Å². The van der Waals surface area contributed by atoms with E-state index in [0.29, 0.717) is 52.8 Å². The number of allylic oxidation sites excluding steroid dienone is 1. The van der Waals surface area contributed by atoms with Gasteiger partial charge in [0.25, 0.3) is 0 Å². The molecule has 3 aromatic rings. The number of amides is 2. The molecule has 2 amide bonds. The van der Waals surface area contributed by atoms with Gasteiger partial charge in [-0.25, -0.2) is 4.79 Å². The zero-order chi connectivity index (χ0) is 25.2. The molecule has 0 atom stereocenters. The highest BCUT2D eigenvalue weighted by atomic mass is 16.7. The molecular weight excluding hydrogens is 458 g/mol. The van der Waals surface area contributed by atoms with E-state index in [4.69, 9.17) is 14.2 Å². The monoisotopic (exact) mass is 485 g/mol. The molecule has 3 aromatic carbocycles. The molecule has 0 aromatic heterocycles. The van der Waals surface area contributed by atoms with Crippen LogP contribution in [0.3, 0.4) is 0 Å². The van der Waals surface area contributed by atoms with E-state index in [1.165, 1.54) is 0 Å². The quantitative estimate of drug-likeness (QED) is 0.490. The van der Waals surface area contributed by atoms with Crippen molar-refractivity contribution in [3.63, 3.8) is 0 Å². The third kappa shape index (κ3) is 4.45. The van der Waals surface area contributed by atoms with Gasteiger partial charge in [0.1, 0.15) is 0 Å². The molecule has 0 aliphatic carbocycles. The number of hydrogen-bond acceptors (Lipinski definition) is 6. The second kappa shape index (κ2) is 9.65. The molecule has 2 aliphatic heterocycles. The Kier molecular flexibility index (Phi) is 6.25. The maximum absolute atomic E-state index is 13.7. The number of carbonyl (C=O) groups excluding carboxylic acids is 2. The summed E-state index contributed by atoms with van der Waals surface area (Å²) in [7, 11) is 3.48. The molecule has 0 saturated heterocycles. The highest BCUT2D eigenvalue weighted by Gasteiger charge is 2.28. The van der Waals surface area contributed by atoms with Crippen LogP contribution in [0.5, 0.6) is 17.2 Å². The first-order valence-corrected chi connectivity index (χ1v) is 11.7. The van der Waals surface area contributed by atoms with Gasteiger partial charge in [-0.1, -0.05) is 30.3 Å². The summed E-state index contributed by atoms with van der Waals surface area (Å²) in [5, 5.41) is 5.66. The zero-order valence-corrected chi connectivity index (χ0v) is 20.4. The number of nitrogens with zero attached hydrogens (tertiary/aromatic N) is 1. The van der Waals surface area contributed by atoms with Crippen molar-refractivity contribution in [3.05, 3.63) is 82.5 Å². The fraction of sp³-hybridized carbons (Fsp3) is 0.214. The molecule has 2 heterocycles. The number of carbonyl (C=O) groups is 2. The zero-order valence-electron chi connectivity index (χ0n) is 20.4. The molecule has 184 valence electrons. The van der Waals surface area contributed by atoms with E-state index in [0.717, 1.165) is 16.7 Å². The molecule has 36 heavy (non-hydrogen) atoms. The van der Waals surface area contributed by atoms with E-state index < -0.39 is 0 Å². The molecule has 0 fully saturated rings. The number of nitrogens with one attached hydrogen (secondary N) is 2. The van der Waals surface area contributed by atoms with Gasteiger partial charge in [0.15, 0.2) is 11.5 Å². The molecule has 0 radical (unpaired) electrons. The average Bonchev–Trinajstić information content (AvgIpc) is 3.28. The fourth-order valence-electron chi connectivity index (χ4n) is 4.39. The van der Waals surface area contributed by atoms with E-state index in [9.17, 15) is 9.59 Å². The van der Waals surface area contributed by atoms with Crippen LogP contribution >= 0.6 is 0 Å². The Labute approximate surface area is 209 Å². The summed E-state index contributed by atoms with van der Waals surface area (Å²) in [6.07, 6.45) is 2.56. The molecule has 0 spiro atoms. The van der Waals surface area contributed by atoms with Gasteiger partial charge in [0, 0.05) is 36.1 Å². The van der Waals surface area contributed by atoms with Gasteiger partial charge in [0.2, 0.25) is 18.3 Å². The van der Waals surface area contributed by atoms with Crippen LogP contribution in [0.15, 0.2) is 60.3 Å². The van der Waals surface area contributed by atoms with Gasteiger partial charge in [0.05, 0.1) is 12.8 Å². The molecule has 2 aliphatic rings. The van der Waals surface area contributed by atoms with Crippen LogP contribution in [-0.2, 0) is 6.42 Å². The first-order valence-electron chi connectivity index (χ1n) is 11.7. The minimum absolute atomic E-state index is 0.140. The number of ether oxygens (including phenoxy) is 3. The minimum atomic E-state index is -0.380. The molecule has 0 saturated carbocycles. The summed E-state index contributed by atoms with van der Waals surface area (Å²) < 4.78 is 16.9. The number of likely N-dealkylation sites (N-methyl/N-ethyl adjacent to an activating group) is 1. The third-order valence-corrected chi connectivity index (χ3v) is 6.37. The summed E-state index contributed by atoms with van der Waals surface area (Å²) >= 11 is 0. The summed E-state index contributed by atoms with van der Waals surface area (Å²) in [4.78, 5) is 28.2. The summed E-state index contributed by atoms with van der Waals surface area (Å²) in [5.41, 5.74) is 4.91. The van der Waals surface area contributed by atoms with Gasteiger partial charge in [-0.05, 0) is 54.8 Å². The Balaban J connectivity index is 1.45. The lowest BCUT2D eigenvalue weighted by molar-refractivity contribution is 0.100. The van der Waals surface area contributed by atoms with Crippen molar-refractivity contribution in [3.8, 4) is 17.2 Å². The fourth-order valence-corrected chi connectivity index (χ4v) is 4.39. The van der Waals surface area contributed by atoms with E-state index in [1.807, 2.05) is 55.3 Å². The SMILES string of the molecule is COc1c2c(cc3c1OCO3)CCN(C)C(C(=O)c1ccc(C)c(NC(=O)Nc3ccccc3)c1)=C2. The number of hydrogen-bond donors (Lipinski definition) is 2. The van der Waals surface area contributed by atoms with Crippen molar-refractivity contribution in [1.82, 2.24) is 4.90 Å². The van der Waals surface area contributed by atoms with Gasteiger partial charge < -0.3 is 29.7 Å². The molecule has 5 rings (SSSR count). The summed E-state index contributed by atoms with van der Waals surface area (Å²) in [5.74, 6) is 1.61. The van der Waals surface area contributed by atoms with Gasteiger partial charge in [-0.15, -0.1) is 0 Å². The molecule has 2 N–H and O–H groups in total. The van der Waals surface area contributed by atoms with Crippen LogP contribution in [0, 0.1) is 6.92 Å². The van der Waals surface area contributed by atoms with E-state index in [2.05, 4.69) is 10.6 Å². The third-order valence-electron chi connectivity index (χ3n) is 6.37. The number of methoxy groups -OCH3 is 1. The first kappa shape index (κ1) is 23.3. The Morgan fingerprint density at radius 1 is 1.03 bits per heavy atom. The number of aryl methyl sites for hydroxylation is 1. The molecule has 8 heteroatoms. The Bertz CT molecular complexity index is 1370. The van der Waals surface area contributed by atoms with E-state index in [1.54, 1.807) is 31.4 Å². The standard InChI is InChI=1S/C28H27N3O5/c1-17-9-10-19(13-22(17)30-28(33)29-20-7-5-4-6-8-20)25(32)23-15-21-18(11-12-31(23)2)14-24-27(26(21)34-3)36-16-35-24/h4-10,13-15H,11-12,16H2,1-3H3,(H2,29,30,33). The predicted molar refractivity (Wildman–Crippen MR) is 138 cm³/mol. The lowest BCUT2D eigenvalue weighted by Crippen LogP contribution is -2.25. The van der Waals surface area contributed by atoms with Crippen LogP contribution in [0.1, 0.15) is 27.0 Å². The average molecular weight is 486 g/mol. The van der Waals surface area contributed by atoms with Crippen molar-refractivity contribution in [2.24, 2.45) is 0 Å². The number of anilines is 2. The lowest BCUT2D eigenvalue weighted by atomic mass is 10.00. The van der Waals surface area contributed by atoms with Crippen molar-refractivity contribution in [1.29, 1.82) is 0 Å². The lowest BCUT2D eigenvalue weighted by Gasteiger charge is -2.20. The second-order valence-corrected chi connectivity index (χ2v) is 8.72. The number of benzene rings is 3. The molecule has 0 bridgehead atoms. The Morgan fingerprint density at radius 2 is 1.83 bits per heavy atom. The van der Waals surface area contributed by atoms with Crippen LogP contribution in [-0.4, -0.2) is 44.2 Å². The summed E-state index contributed by atoms with van der Waals surface area (Å²) in [6.45, 7) is 2.66. The smallest absolute Gasteiger partial charge is 0.323 e. The van der Waals surface area contributed by atoms with E-state index in [-0.39, 0.29) is 18.6 Å². The number of rotatable bonds is 5. The topological polar surface area (TPSA) is 89.1 Å². The highest BCUT2D eigenvalue weighted by molar-refractivity contribution is 6.12. The molecular formula is C28H27N3O5. The number of para-hydroxylation sites is 1. The van der Waals surface area contributed by atoms with Crippen molar-refractivity contribution >= 4 is 29.3 Å². The normalized spacial score (nSPS) is 13.9. The highest BCUT2D eigenvalue weighted by Crippen LogP contribution is 2.46. The largest absolute Gasteiger partial charge is 0.492 e. The van der Waals surface area contributed by atoms with Crippen LogP contribution in [0.2, 0.25) is 0 Å². The number of urea groups is 1. The number of Topliss-reactive ketones (excluding diaryl/α,β-unsaturated/α-hetero) is 1.